The van der Waals surface area contributed by atoms with Gasteiger partial charge in [-0.05, 0) is 99.7 Å². The van der Waals surface area contributed by atoms with Crippen molar-refractivity contribution in [3.63, 3.8) is 0 Å². The summed E-state index contributed by atoms with van der Waals surface area (Å²) in [6.45, 7) is 13.5. The van der Waals surface area contributed by atoms with Gasteiger partial charge in [0.1, 0.15) is 5.78 Å². The summed E-state index contributed by atoms with van der Waals surface area (Å²) >= 11 is 0. The van der Waals surface area contributed by atoms with Gasteiger partial charge in [0.05, 0.1) is 17.6 Å². The van der Waals surface area contributed by atoms with Crippen LogP contribution < -0.4 is 0 Å². The zero-order chi connectivity index (χ0) is 24.6. The topological polar surface area (TPSA) is 74.6 Å². The fourth-order valence-corrected chi connectivity index (χ4v) is 6.36. The number of hydrogen-bond donors (Lipinski definition) is 2. The molecule has 0 radical (unpaired) electrons. The summed E-state index contributed by atoms with van der Waals surface area (Å²) in [5.74, 6) is 1.06. The van der Waals surface area contributed by atoms with Gasteiger partial charge in [-0.1, -0.05) is 44.2 Å². The van der Waals surface area contributed by atoms with Crippen molar-refractivity contribution < 1.29 is 19.8 Å². The molecule has 6 atom stereocenters. The fraction of sp³-hybridized carbons (Fsp3) is 0.655. The highest BCUT2D eigenvalue weighted by Crippen LogP contribution is 2.59. The number of hydrogen-bond acceptors (Lipinski definition) is 4. The van der Waals surface area contributed by atoms with Crippen LogP contribution in [0.3, 0.4) is 0 Å². The van der Waals surface area contributed by atoms with Crippen molar-refractivity contribution in [1.82, 2.24) is 0 Å². The number of rotatable bonds is 6. The van der Waals surface area contributed by atoms with E-state index in [4.69, 9.17) is 0 Å². The summed E-state index contributed by atoms with van der Waals surface area (Å²) < 4.78 is 0. The standard InChI is InChI=1S/C29H42O4/c1-18(9-14-27(33)28(4,5)20(3)30)24-12-13-25-21(8-7-15-29(24,25)6)10-11-22-16-23(31)17-26(32)19(22)2/h9-11,14,18,23-26,31-32H,2,7-8,12-13,15-17H2,1,3-6H3/b14-9+,21-10+,22-11-/t18-,23-,24-,25+,26+,29-/m1/s1. The van der Waals surface area contributed by atoms with E-state index in [-0.39, 0.29) is 22.9 Å². The molecule has 182 valence electrons. The molecular weight excluding hydrogens is 412 g/mol. The molecule has 0 unspecified atom stereocenters. The van der Waals surface area contributed by atoms with Crippen LogP contribution in [0.4, 0.5) is 0 Å². The molecule has 3 aliphatic carbocycles. The molecule has 0 aromatic carbocycles. The van der Waals surface area contributed by atoms with Crippen LogP contribution >= 0.6 is 0 Å². The number of allylic oxidation sites excluding steroid dienone is 5. The van der Waals surface area contributed by atoms with Crippen molar-refractivity contribution in [3.05, 3.63) is 47.6 Å². The number of fused-ring (bicyclic) bond motifs is 1. The van der Waals surface area contributed by atoms with Crippen LogP contribution in [0.2, 0.25) is 0 Å². The lowest BCUT2D eigenvalue weighted by atomic mass is 9.61. The minimum absolute atomic E-state index is 0.102. The Balaban J connectivity index is 1.76. The van der Waals surface area contributed by atoms with E-state index < -0.39 is 17.6 Å². The van der Waals surface area contributed by atoms with E-state index in [2.05, 4.69) is 32.6 Å². The first kappa shape index (κ1) is 25.8. The summed E-state index contributed by atoms with van der Waals surface area (Å²) in [6, 6.07) is 0. The summed E-state index contributed by atoms with van der Waals surface area (Å²) in [6.07, 6.45) is 13.4. The average Bonchev–Trinajstić information content (AvgIpc) is 3.10. The number of aliphatic hydroxyl groups excluding tert-OH is 2. The first-order valence-electron chi connectivity index (χ1n) is 12.6. The van der Waals surface area contributed by atoms with Gasteiger partial charge in [0.25, 0.3) is 0 Å². The molecular formula is C29H42O4. The Morgan fingerprint density at radius 2 is 1.91 bits per heavy atom. The monoisotopic (exact) mass is 454 g/mol. The zero-order valence-electron chi connectivity index (χ0n) is 21.1. The van der Waals surface area contributed by atoms with Gasteiger partial charge in [0.15, 0.2) is 5.78 Å². The Bertz CT molecular complexity index is 889. The molecule has 0 aromatic heterocycles. The average molecular weight is 455 g/mol. The minimum Gasteiger partial charge on any atom is -0.393 e. The van der Waals surface area contributed by atoms with E-state index in [0.29, 0.717) is 24.7 Å². The molecule has 2 N–H and O–H groups in total. The quantitative estimate of drug-likeness (QED) is 0.410. The molecule has 0 aromatic rings. The second-order valence-electron chi connectivity index (χ2n) is 11.4. The Morgan fingerprint density at radius 1 is 1.21 bits per heavy atom. The van der Waals surface area contributed by atoms with E-state index in [1.807, 2.05) is 6.08 Å². The molecule has 0 spiro atoms. The highest BCUT2D eigenvalue weighted by atomic mass is 16.3. The third kappa shape index (κ3) is 5.17. The van der Waals surface area contributed by atoms with Crippen LogP contribution in [0.15, 0.2) is 47.6 Å². The van der Waals surface area contributed by atoms with Crippen molar-refractivity contribution in [2.24, 2.45) is 28.6 Å². The molecule has 0 amide bonds. The molecule has 3 fully saturated rings. The first-order valence-corrected chi connectivity index (χ1v) is 12.6. The van der Waals surface area contributed by atoms with Crippen molar-refractivity contribution in [3.8, 4) is 0 Å². The second-order valence-corrected chi connectivity index (χ2v) is 11.4. The van der Waals surface area contributed by atoms with Gasteiger partial charge in [-0.3, -0.25) is 9.59 Å². The second kappa shape index (κ2) is 9.84. The van der Waals surface area contributed by atoms with Gasteiger partial charge in [-0.2, -0.15) is 0 Å². The Hall–Kier alpha value is -1.78. The van der Waals surface area contributed by atoms with Crippen LogP contribution in [-0.2, 0) is 9.59 Å². The Morgan fingerprint density at radius 3 is 2.58 bits per heavy atom. The number of aliphatic hydroxyl groups is 2. The SMILES string of the molecule is C=C1/C(=C\C=C2/CCC[C@]3(C)[C@@H]([C@H](C)/C=C/C(=O)C(C)(C)C(C)=O)CC[C@@H]23)C[C@@H](O)C[C@@H]1O. The van der Waals surface area contributed by atoms with E-state index in [9.17, 15) is 19.8 Å². The van der Waals surface area contributed by atoms with Crippen molar-refractivity contribution in [1.29, 1.82) is 0 Å². The van der Waals surface area contributed by atoms with Gasteiger partial charge in [0.2, 0.25) is 0 Å². The number of Topliss-reactive ketones (excluding diaryl/α,β-unsaturated/α-hetero) is 1. The van der Waals surface area contributed by atoms with Crippen LogP contribution in [0.25, 0.3) is 0 Å². The smallest absolute Gasteiger partial charge is 0.168 e. The third-order valence-corrected chi connectivity index (χ3v) is 8.98. The number of carbonyl (C=O) groups is 2. The van der Waals surface area contributed by atoms with Gasteiger partial charge in [-0.25, -0.2) is 0 Å². The highest BCUT2D eigenvalue weighted by Gasteiger charge is 2.50. The fourth-order valence-electron chi connectivity index (χ4n) is 6.36. The van der Waals surface area contributed by atoms with E-state index >= 15 is 0 Å². The predicted molar refractivity (Wildman–Crippen MR) is 132 cm³/mol. The molecule has 33 heavy (non-hydrogen) atoms. The Kier molecular flexibility index (Phi) is 7.70. The largest absolute Gasteiger partial charge is 0.393 e. The maximum atomic E-state index is 12.6. The lowest BCUT2D eigenvalue weighted by molar-refractivity contribution is -0.134. The molecule has 4 nitrogen and oxygen atoms in total. The molecule has 3 saturated carbocycles. The summed E-state index contributed by atoms with van der Waals surface area (Å²) in [5, 5.41) is 20.2. The molecule has 3 rings (SSSR count). The maximum Gasteiger partial charge on any atom is 0.168 e. The lowest BCUT2D eigenvalue weighted by Crippen LogP contribution is -2.35. The number of carbonyl (C=O) groups excluding carboxylic acids is 2. The normalized spacial score (nSPS) is 36.4. The molecule has 3 aliphatic rings. The van der Waals surface area contributed by atoms with Crippen molar-refractivity contribution in [2.75, 3.05) is 0 Å². The van der Waals surface area contributed by atoms with Crippen molar-refractivity contribution in [2.45, 2.75) is 91.8 Å². The van der Waals surface area contributed by atoms with Crippen LogP contribution in [-0.4, -0.2) is 34.0 Å². The lowest BCUT2D eigenvalue weighted by Gasteiger charge is -2.44. The first-order chi connectivity index (χ1) is 15.4. The molecule has 0 aliphatic heterocycles. The van der Waals surface area contributed by atoms with Gasteiger partial charge < -0.3 is 10.2 Å². The van der Waals surface area contributed by atoms with E-state index in [0.717, 1.165) is 36.8 Å². The van der Waals surface area contributed by atoms with E-state index in [1.165, 1.54) is 18.9 Å². The molecule has 0 saturated heterocycles. The van der Waals surface area contributed by atoms with Gasteiger partial charge in [-0.15, -0.1) is 0 Å². The maximum absolute atomic E-state index is 12.6. The van der Waals surface area contributed by atoms with Gasteiger partial charge in [0, 0.05) is 6.42 Å². The minimum atomic E-state index is -0.961. The van der Waals surface area contributed by atoms with Gasteiger partial charge >= 0.3 is 0 Å². The number of ketones is 2. The summed E-state index contributed by atoms with van der Waals surface area (Å²) in [7, 11) is 0. The summed E-state index contributed by atoms with van der Waals surface area (Å²) in [5.41, 5.74) is 2.38. The third-order valence-electron chi connectivity index (χ3n) is 8.98. The highest BCUT2D eigenvalue weighted by molar-refractivity contribution is 6.10. The predicted octanol–water partition coefficient (Wildman–Crippen LogP) is 5.50. The molecule has 0 heterocycles. The zero-order valence-corrected chi connectivity index (χ0v) is 21.1. The van der Waals surface area contributed by atoms with Crippen LogP contribution in [0.5, 0.6) is 0 Å². The van der Waals surface area contributed by atoms with Crippen LogP contribution in [0.1, 0.15) is 79.6 Å². The van der Waals surface area contributed by atoms with Crippen LogP contribution in [0, 0.1) is 28.6 Å². The summed E-state index contributed by atoms with van der Waals surface area (Å²) in [4.78, 5) is 24.4. The van der Waals surface area contributed by atoms with E-state index in [1.54, 1.807) is 19.9 Å². The Labute approximate surface area is 199 Å². The molecule has 0 bridgehead atoms. The molecule has 4 heteroatoms. The van der Waals surface area contributed by atoms with Crippen molar-refractivity contribution >= 4 is 11.6 Å².